The molecule has 1 aromatic rings. The fourth-order valence-corrected chi connectivity index (χ4v) is 2.99. The van der Waals surface area contributed by atoms with Crippen LogP contribution in [0.5, 0.6) is 0 Å². The smallest absolute Gasteiger partial charge is 0.337 e. The van der Waals surface area contributed by atoms with Crippen LogP contribution in [0.25, 0.3) is 0 Å². The second-order valence-electron chi connectivity index (χ2n) is 4.58. The van der Waals surface area contributed by atoms with Gasteiger partial charge in [-0.1, -0.05) is 11.6 Å². The molecule has 8 heteroatoms. The third kappa shape index (κ3) is 3.92. The molecule has 0 fully saturated rings. The summed E-state index contributed by atoms with van der Waals surface area (Å²) in [6.07, 6.45) is 0. The van der Waals surface area contributed by atoms with E-state index >= 15 is 0 Å². The van der Waals surface area contributed by atoms with Gasteiger partial charge < -0.3 is 10.0 Å². The highest BCUT2D eigenvalue weighted by atomic mass is 35.5. The number of rotatable bonds is 6. The van der Waals surface area contributed by atoms with Gasteiger partial charge in [-0.2, -0.15) is 4.31 Å². The van der Waals surface area contributed by atoms with Gasteiger partial charge in [0.15, 0.2) is 0 Å². The van der Waals surface area contributed by atoms with E-state index in [2.05, 4.69) is 0 Å². The number of aromatic carboxylic acids is 1. The largest absolute Gasteiger partial charge is 0.478 e. The van der Waals surface area contributed by atoms with E-state index in [1.54, 1.807) is 0 Å². The Morgan fingerprint density at radius 3 is 2.30 bits per heavy atom. The second kappa shape index (κ2) is 6.53. The fraction of sp³-hybridized carbons (Fsp3) is 0.417. The van der Waals surface area contributed by atoms with Crippen molar-refractivity contribution in [2.45, 2.75) is 4.90 Å². The van der Waals surface area contributed by atoms with E-state index in [1.807, 2.05) is 19.0 Å². The van der Waals surface area contributed by atoms with Crippen molar-refractivity contribution < 1.29 is 18.3 Å². The maximum Gasteiger partial charge on any atom is 0.337 e. The van der Waals surface area contributed by atoms with E-state index in [0.717, 1.165) is 6.07 Å². The number of halogens is 1. The molecule has 0 unspecified atom stereocenters. The van der Waals surface area contributed by atoms with E-state index in [-0.39, 0.29) is 15.5 Å². The molecule has 0 radical (unpaired) electrons. The van der Waals surface area contributed by atoms with Crippen LogP contribution in [-0.2, 0) is 10.0 Å². The van der Waals surface area contributed by atoms with Crippen LogP contribution < -0.4 is 0 Å². The van der Waals surface area contributed by atoms with Crippen molar-refractivity contribution in [3.05, 3.63) is 28.8 Å². The quantitative estimate of drug-likeness (QED) is 0.852. The molecule has 0 spiro atoms. The predicted molar refractivity (Wildman–Crippen MR) is 76.8 cm³/mol. The number of benzene rings is 1. The summed E-state index contributed by atoms with van der Waals surface area (Å²) in [7, 11) is 1.49. The van der Waals surface area contributed by atoms with Crippen molar-refractivity contribution >= 4 is 27.6 Å². The normalized spacial score (nSPS) is 12.1. The minimum Gasteiger partial charge on any atom is -0.478 e. The van der Waals surface area contributed by atoms with Crippen molar-refractivity contribution in [1.29, 1.82) is 0 Å². The predicted octanol–water partition coefficient (Wildman–Crippen LogP) is 1.22. The molecule has 0 saturated carbocycles. The SMILES string of the molecule is CN(C)CCN(C)S(=O)(=O)c1ccc(C(=O)O)c(Cl)c1. The van der Waals surface area contributed by atoms with Crippen molar-refractivity contribution in [3.8, 4) is 0 Å². The number of likely N-dealkylation sites (N-methyl/N-ethyl adjacent to an activating group) is 2. The first-order valence-corrected chi connectivity index (χ1v) is 7.62. The lowest BCUT2D eigenvalue weighted by Gasteiger charge is -2.19. The Bertz CT molecular complexity index is 601. The molecule has 0 aliphatic rings. The minimum absolute atomic E-state index is 0.0197. The third-order valence-corrected chi connectivity index (χ3v) is 4.91. The molecular formula is C12H17ClN2O4S. The Hall–Kier alpha value is -1.15. The summed E-state index contributed by atoms with van der Waals surface area (Å²) < 4.78 is 25.8. The van der Waals surface area contributed by atoms with E-state index in [0.29, 0.717) is 13.1 Å². The van der Waals surface area contributed by atoms with Crippen LogP contribution in [0.1, 0.15) is 10.4 Å². The molecule has 0 saturated heterocycles. The zero-order valence-electron chi connectivity index (χ0n) is 11.5. The molecule has 0 heterocycles. The van der Waals surface area contributed by atoms with Gasteiger partial charge in [0, 0.05) is 20.1 Å². The van der Waals surface area contributed by atoms with Gasteiger partial charge in [-0.05, 0) is 32.3 Å². The molecule has 1 aromatic carbocycles. The average molecular weight is 321 g/mol. The van der Waals surface area contributed by atoms with Gasteiger partial charge in [0.25, 0.3) is 0 Å². The van der Waals surface area contributed by atoms with Crippen LogP contribution in [0.15, 0.2) is 23.1 Å². The molecule has 0 bridgehead atoms. The number of sulfonamides is 1. The molecule has 0 atom stereocenters. The number of carboxylic acid groups (broad SMARTS) is 1. The number of hydrogen-bond donors (Lipinski definition) is 1. The number of carbonyl (C=O) groups is 1. The Balaban J connectivity index is 3.04. The maximum atomic E-state index is 12.3. The van der Waals surface area contributed by atoms with Crippen LogP contribution in [0.4, 0.5) is 0 Å². The summed E-state index contributed by atoms with van der Waals surface area (Å²) in [6.45, 7) is 0.907. The van der Waals surface area contributed by atoms with Crippen LogP contribution in [-0.4, -0.2) is 62.9 Å². The van der Waals surface area contributed by atoms with E-state index < -0.39 is 16.0 Å². The van der Waals surface area contributed by atoms with Crippen molar-refractivity contribution in [1.82, 2.24) is 9.21 Å². The molecule has 20 heavy (non-hydrogen) atoms. The van der Waals surface area contributed by atoms with E-state index in [4.69, 9.17) is 16.7 Å². The molecule has 1 rings (SSSR count). The molecule has 1 N–H and O–H groups in total. The average Bonchev–Trinajstić information content (AvgIpc) is 2.34. The number of hydrogen-bond acceptors (Lipinski definition) is 4. The lowest BCUT2D eigenvalue weighted by atomic mass is 10.2. The van der Waals surface area contributed by atoms with E-state index in [9.17, 15) is 13.2 Å². The first kappa shape index (κ1) is 16.9. The Labute approximate surface area is 123 Å². The number of nitrogens with zero attached hydrogens (tertiary/aromatic N) is 2. The zero-order valence-corrected chi connectivity index (χ0v) is 13.1. The summed E-state index contributed by atoms with van der Waals surface area (Å²) in [6, 6.07) is 3.60. The van der Waals surface area contributed by atoms with E-state index in [1.165, 1.54) is 23.5 Å². The molecule has 0 amide bonds. The first-order chi connectivity index (χ1) is 9.16. The summed E-state index contributed by atoms with van der Waals surface area (Å²) in [5, 5.41) is 8.77. The van der Waals surface area contributed by atoms with Gasteiger partial charge in [-0.3, -0.25) is 0 Å². The Morgan fingerprint density at radius 1 is 1.25 bits per heavy atom. The standard InChI is InChI=1S/C12H17ClN2O4S/c1-14(2)6-7-15(3)20(18,19)9-4-5-10(12(16)17)11(13)8-9/h4-5,8H,6-7H2,1-3H3,(H,16,17). The van der Waals surface area contributed by atoms with Gasteiger partial charge in [-0.25, -0.2) is 13.2 Å². The van der Waals surface area contributed by atoms with Gasteiger partial charge in [0.1, 0.15) is 0 Å². The second-order valence-corrected chi connectivity index (χ2v) is 7.03. The topological polar surface area (TPSA) is 77.9 Å². The summed E-state index contributed by atoms with van der Waals surface area (Å²) in [5.74, 6) is -1.19. The molecule has 112 valence electrons. The molecule has 0 aliphatic heterocycles. The Kier molecular flexibility index (Phi) is 5.52. The molecule has 6 nitrogen and oxygen atoms in total. The highest BCUT2D eigenvalue weighted by Crippen LogP contribution is 2.22. The van der Waals surface area contributed by atoms with Crippen LogP contribution in [0.2, 0.25) is 5.02 Å². The lowest BCUT2D eigenvalue weighted by Crippen LogP contribution is -2.33. The highest BCUT2D eigenvalue weighted by molar-refractivity contribution is 7.89. The molecule has 0 aliphatic carbocycles. The van der Waals surface area contributed by atoms with Gasteiger partial charge in [0.05, 0.1) is 15.5 Å². The van der Waals surface area contributed by atoms with Crippen molar-refractivity contribution in [2.24, 2.45) is 0 Å². The minimum atomic E-state index is -3.67. The zero-order chi connectivity index (χ0) is 15.5. The van der Waals surface area contributed by atoms with Crippen LogP contribution >= 0.6 is 11.6 Å². The Morgan fingerprint density at radius 2 is 1.85 bits per heavy atom. The highest BCUT2D eigenvalue weighted by Gasteiger charge is 2.22. The maximum absolute atomic E-state index is 12.3. The van der Waals surface area contributed by atoms with Crippen molar-refractivity contribution in [2.75, 3.05) is 34.2 Å². The fourth-order valence-electron chi connectivity index (χ4n) is 1.47. The summed E-state index contributed by atoms with van der Waals surface area (Å²) in [4.78, 5) is 12.7. The first-order valence-electron chi connectivity index (χ1n) is 5.80. The molecular weight excluding hydrogens is 304 g/mol. The lowest BCUT2D eigenvalue weighted by molar-refractivity contribution is 0.0697. The van der Waals surface area contributed by atoms with Gasteiger partial charge in [0.2, 0.25) is 10.0 Å². The molecule has 0 aromatic heterocycles. The van der Waals surface area contributed by atoms with Crippen molar-refractivity contribution in [3.63, 3.8) is 0 Å². The third-order valence-electron chi connectivity index (χ3n) is 2.74. The van der Waals surface area contributed by atoms with Crippen LogP contribution in [0.3, 0.4) is 0 Å². The van der Waals surface area contributed by atoms with Gasteiger partial charge in [-0.15, -0.1) is 0 Å². The summed E-state index contributed by atoms with van der Waals surface area (Å²) >= 11 is 5.79. The number of carboxylic acids is 1. The summed E-state index contributed by atoms with van der Waals surface area (Å²) in [5.41, 5.74) is -0.124. The van der Waals surface area contributed by atoms with Gasteiger partial charge >= 0.3 is 5.97 Å². The van der Waals surface area contributed by atoms with Crippen LogP contribution in [0, 0.1) is 0 Å². The monoisotopic (exact) mass is 320 g/mol.